The van der Waals surface area contributed by atoms with E-state index >= 15 is 0 Å². The van der Waals surface area contributed by atoms with Crippen LogP contribution in [0.4, 0.5) is 4.79 Å². The summed E-state index contributed by atoms with van der Waals surface area (Å²) in [7, 11) is 0. The van der Waals surface area contributed by atoms with Crippen LogP contribution in [0.15, 0.2) is 316 Å². The number of benzene rings is 10. The SMILES string of the molecule is C1=CC2CC1CC2CCCCOCc1ccc2ccccc2c1.C1=CC2CC1CC2CCCCc1ccc(-c2ccccc2)cc1.C1=CC2CC1CC2CCOc1ccccc1-c1ccccc1.O=C(CC1CC2C=CC1C2)Oc1ccc(-c2ccccc2)cc1.O=C(OCC1c2ccccc2-c2ccccc21)OCC1CC2C=CC1C2. The summed E-state index contributed by atoms with van der Waals surface area (Å²) in [5.74, 6) is 13.2. The third-order valence-electron chi connectivity index (χ3n) is 27.7. The molecule has 7 nitrogen and oxygen atoms in total. The van der Waals surface area contributed by atoms with Gasteiger partial charge in [0.15, 0.2) is 0 Å². The molecule has 598 valence electrons. The van der Waals surface area contributed by atoms with Gasteiger partial charge in [-0.1, -0.05) is 304 Å². The van der Waals surface area contributed by atoms with Crippen molar-refractivity contribution in [3.63, 3.8) is 0 Å². The van der Waals surface area contributed by atoms with Crippen molar-refractivity contribution in [2.75, 3.05) is 26.4 Å². The molecule has 10 bridgehead atoms. The fraction of sp³-hybridized carbons (Fsp3) is 0.364. The lowest BCUT2D eigenvalue weighted by molar-refractivity contribution is -0.135. The topological polar surface area (TPSA) is 80.3 Å². The molecule has 0 heterocycles. The van der Waals surface area contributed by atoms with Crippen molar-refractivity contribution in [1.29, 1.82) is 0 Å². The Morgan fingerprint density at radius 1 is 0.325 bits per heavy atom. The van der Waals surface area contributed by atoms with E-state index in [1.54, 1.807) is 0 Å². The average molecular weight is 1550 g/mol. The summed E-state index contributed by atoms with van der Waals surface area (Å²) in [4.78, 5) is 24.3. The predicted octanol–water partition coefficient (Wildman–Crippen LogP) is 27.4. The molecule has 0 saturated heterocycles. The minimum absolute atomic E-state index is 0.0837. The van der Waals surface area contributed by atoms with Crippen molar-refractivity contribution >= 4 is 22.9 Å². The van der Waals surface area contributed by atoms with E-state index in [1.807, 2.05) is 54.6 Å². The molecule has 11 aliphatic carbocycles. The zero-order valence-electron chi connectivity index (χ0n) is 68.1. The molecule has 15 atom stereocenters. The van der Waals surface area contributed by atoms with Gasteiger partial charge in [-0.05, 0) is 282 Å². The van der Waals surface area contributed by atoms with Gasteiger partial charge in [0.2, 0.25) is 0 Å². The highest BCUT2D eigenvalue weighted by atomic mass is 16.7. The Bertz CT molecular complexity index is 5010. The maximum atomic E-state index is 12.2. The van der Waals surface area contributed by atoms with Gasteiger partial charge in [-0.2, -0.15) is 0 Å². The fourth-order valence-electron chi connectivity index (χ4n) is 21.6. The highest BCUT2D eigenvalue weighted by Gasteiger charge is 2.40. The Morgan fingerprint density at radius 3 is 1.30 bits per heavy atom. The molecule has 0 spiro atoms. The third-order valence-corrected chi connectivity index (χ3v) is 27.7. The van der Waals surface area contributed by atoms with Gasteiger partial charge in [0.05, 0.1) is 19.8 Å². The van der Waals surface area contributed by atoms with Gasteiger partial charge in [0, 0.05) is 30.4 Å². The van der Waals surface area contributed by atoms with Crippen molar-refractivity contribution in [3.8, 4) is 56.0 Å². The largest absolute Gasteiger partial charge is 0.508 e. The summed E-state index contributed by atoms with van der Waals surface area (Å²) in [6, 6.07) is 88.4. The number of unbranched alkanes of at least 4 members (excludes halogenated alkanes) is 2. The predicted molar refractivity (Wildman–Crippen MR) is 476 cm³/mol. The zero-order chi connectivity index (χ0) is 78.9. The van der Waals surface area contributed by atoms with E-state index in [-0.39, 0.29) is 11.9 Å². The first-order chi connectivity index (χ1) is 57.7. The number of aryl methyl sites for hydroxylation is 1. The van der Waals surface area contributed by atoms with Crippen LogP contribution in [0.3, 0.4) is 0 Å². The summed E-state index contributed by atoms with van der Waals surface area (Å²) in [6.45, 7) is 3.25. The lowest BCUT2D eigenvalue weighted by Gasteiger charge is -2.19. The normalized spacial score (nSPS) is 25.2. The van der Waals surface area contributed by atoms with Crippen molar-refractivity contribution in [2.45, 2.75) is 135 Å². The van der Waals surface area contributed by atoms with E-state index in [0.717, 1.165) is 97.2 Å². The number of rotatable bonds is 26. The fourth-order valence-corrected chi connectivity index (χ4v) is 21.6. The van der Waals surface area contributed by atoms with Gasteiger partial charge >= 0.3 is 12.1 Å². The number of para-hydroxylation sites is 1. The number of carbonyl (C=O) groups is 2. The summed E-state index contributed by atoms with van der Waals surface area (Å²) >= 11 is 0. The maximum Gasteiger partial charge on any atom is 0.508 e. The molecule has 10 aromatic carbocycles. The smallest absolute Gasteiger partial charge is 0.493 e. The molecule has 117 heavy (non-hydrogen) atoms. The van der Waals surface area contributed by atoms with E-state index in [0.29, 0.717) is 60.9 Å². The van der Waals surface area contributed by atoms with E-state index < -0.39 is 6.16 Å². The van der Waals surface area contributed by atoms with E-state index in [1.165, 1.54) is 175 Å². The first kappa shape index (κ1) is 79.1. The summed E-state index contributed by atoms with van der Waals surface area (Å²) in [5, 5.41) is 2.61. The second-order valence-electron chi connectivity index (χ2n) is 35.4. The highest BCUT2D eigenvalue weighted by Crippen LogP contribution is 2.50. The standard InChI is InChI=1S/C23H22O3.C23H26.C22H26O.C21H20O2.C21H22O/c24-23(25-13-17-12-15-9-10-16(17)11-15)26-14-22-20-7-3-1-5-18(20)19-6-2-4-8-21(19)22;1-2-7-20(8-3-1)21-13-10-18(11-14-21)6-4-5-9-22-16-19-12-15-23(22)17-19;1-2-6-20-15-18(9-10-19(20)5-1)16-23-12-4-3-7-21-13-17-8-11-22(21)14-17;22-21(14-19-13-15-6-7-18(19)12-15)23-20-10-8-17(9-11-20)16-4-2-1-3-5-16;1-2-6-17(7-3-1)20-8-4-5-9-21(20)22-13-12-19-15-16-10-11-18(19)14-16/h1-10,15-17,22H,11-14H2;1-3,7-8,10-15,19,22-23H,4-6,9,16-17H2;1-2,5-6,8-11,15,17,21-22H,3-4,7,12-14,16H2;1-11,15,18-19H,12-14H2;1-11,16,18-19H,12-15H2. The Labute approximate surface area is 695 Å². The van der Waals surface area contributed by atoms with Crippen molar-refractivity contribution < 1.29 is 33.3 Å². The van der Waals surface area contributed by atoms with Crippen LogP contribution < -0.4 is 9.47 Å². The molecule has 5 saturated carbocycles. The average Bonchev–Trinajstić information content (AvgIpc) is 1.61. The quantitative estimate of drug-likeness (QED) is 0.0231. The molecule has 7 heteroatoms. The van der Waals surface area contributed by atoms with Crippen LogP contribution in [0.5, 0.6) is 11.5 Å². The van der Waals surface area contributed by atoms with Crippen LogP contribution in [0, 0.1) is 88.8 Å². The van der Waals surface area contributed by atoms with Crippen LogP contribution in [0.2, 0.25) is 0 Å². The molecule has 0 N–H and O–H groups in total. The van der Waals surface area contributed by atoms with E-state index in [2.05, 4.69) is 261 Å². The lowest BCUT2D eigenvalue weighted by atomic mass is 9.88. The first-order valence-electron chi connectivity index (χ1n) is 44.5. The molecular weight excluding hydrogens is 1430 g/mol. The molecule has 15 unspecified atom stereocenters. The van der Waals surface area contributed by atoms with Gasteiger partial charge in [-0.3, -0.25) is 4.79 Å². The van der Waals surface area contributed by atoms with Crippen molar-refractivity contribution in [1.82, 2.24) is 0 Å². The number of hydrogen-bond acceptors (Lipinski definition) is 7. The molecule has 0 aromatic heterocycles. The monoisotopic (exact) mass is 1550 g/mol. The molecular formula is C110H116O7. The zero-order valence-corrected chi connectivity index (χ0v) is 68.1. The second kappa shape index (κ2) is 38.8. The lowest BCUT2D eigenvalue weighted by Crippen LogP contribution is -2.20. The van der Waals surface area contributed by atoms with Crippen LogP contribution in [0.25, 0.3) is 55.3 Å². The Hall–Kier alpha value is -10.3. The third kappa shape index (κ3) is 20.4. The number of esters is 1. The molecule has 0 amide bonds. The number of allylic oxidation sites excluding steroid dienone is 10. The van der Waals surface area contributed by atoms with E-state index in [4.69, 9.17) is 23.7 Å². The minimum atomic E-state index is -0.543. The maximum absolute atomic E-state index is 12.2. The number of hydrogen-bond donors (Lipinski definition) is 0. The molecule has 21 rings (SSSR count). The van der Waals surface area contributed by atoms with Gasteiger partial charge in [-0.25, -0.2) is 4.79 Å². The summed E-state index contributed by atoms with van der Waals surface area (Å²) < 4.78 is 28.4. The van der Waals surface area contributed by atoms with Crippen molar-refractivity contribution in [2.24, 2.45) is 88.8 Å². The summed E-state index contributed by atoms with van der Waals surface area (Å²) in [6.07, 6.45) is 47.6. The molecule has 10 aromatic rings. The van der Waals surface area contributed by atoms with Gasteiger partial charge < -0.3 is 23.7 Å². The van der Waals surface area contributed by atoms with E-state index in [9.17, 15) is 9.59 Å². The number of ether oxygens (including phenoxy) is 5. The van der Waals surface area contributed by atoms with Crippen LogP contribution >= 0.6 is 0 Å². The molecule has 0 radical (unpaired) electrons. The summed E-state index contributed by atoms with van der Waals surface area (Å²) in [5.41, 5.74) is 15.0. The number of fused-ring (bicyclic) bond motifs is 14. The minimum Gasteiger partial charge on any atom is -0.493 e. The Kier molecular flexibility index (Phi) is 26.3. The Balaban J connectivity index is 0.000000105. The molecule has 5 fully saturated rings. The number of carbonyl (C=O) groups excluding carboxylic acids is 2. The van der Waals surface area contributed by atoms with Crippen LogP contribution in [0.1, 0.15) is 144 Å². The second-order valence-corrected chi connectivity index (χ2v) is 35.4. The Morgan fingerprint density at radius 2 is 0.761 bits per heavy atom. The van der Waals surface area contributed by atoms with Crippen molar-refractivity contribution in [3.05, 3.63) is 338 Å². The van der Waals surface area contributed by atoms with Gasteiger partial charge in [0.25, 0.3) is 0 Å². The van der Waals surface area contributed by atoms with Gasteiger partial charge in [-0.15, -0.1) is 0 Å². The first-order valence-corrected chi connectivity index (χ1v) is 44.5. The van der Waals surface area contributed by atoms with Gasteiger partial charge in [0.1, 0.15) is 18.1 Å². The molecule has 11 aliphatic rings. The van der Waals surface area contributed by atoms with Crippen LogP contribution in [-0.2, 0) is 32.0 Å². The van der Waals surface area contributed by atoms with Crippen LogP contribution in [-0.4, -0.2) is 38.6 Å². The molecule has 0 aliphatic heterocycles. The highest BCUT2D eigenvalue weighted by molar-refractivity contribution is 5.83.